The molecule has 2 heteroatoms. The molecule has 0 fully saturated rings. The third kappa shape index (κ3) is 2.51. The van der Waals surface area contributed by atoms with E-state index in [9.17, 15) is 0 Å². The van der Waals surface area contributed by atoms with E-state index in [0.29, 0.717) is 6.54 Å². The average Bonchev–Trinajstić information content (AvgIpc) is 2.29. The van der Waals surface area contributed by atoms with E-state index in [1.54, 1.807) is 0 Å². The fraction of sp³-hybridized carbons (Fsp3) is 0.200. The lowest BCUT2D eigenvalue weighted by atomic mass is 9.96. The Morgan fingerprint density at radius 2 is 1.47 bits per heavy atom. The van der Waals surface area contributed by atoms with Gasteiger partial charge in [0.05, 0.1) is 0 Å². The summed E-state index contributed by atoms with van der Waals surface area (Å²) < 4.78 is 0. The van der Waals surface area contributed by atoms with E-state index in [1.807, 2.05) is 24.3 Å². The number of hydrogen-bond donors (Lipinski definition) is 1. The van der Waals surface area contributed by atoms with Gasteiger partial charge in [0.1, 0.15) is 0 Å². The Bertz CT molecular complexity index is 506. The second-order valence-corrected chi connectivity index (χ2v) is 4.74. The predicted molar refractivity (Wildman–Crippen MR) is 74.3 cm³/mol. The van der Waals surface area contributed by atoms with Gasteiger partial charge >= 0.3 is 0 Å². The first kappa shape index (κ1) is 12.2. The highest BCUT2D eigenvalue weighted by Gasteiger charge is 2.05. The van der Waals surface area contributed by atoms with Crippen molar-refractivity contribution in [2.24, 2.45) is 5.73 Å². The Morgan fingerprint density at radius 1 is 0.941 bits per heavy atom. The molecule has 0 radical (unpaired) electrons. The van der Waals surface area contributed by atoms with Crippen molar-refractivity contribution >= 4 is 11.6 Å². The van der Waals surface area contributed by atoms with Gasteiger partial charge in [0.2, 0.25) is 0 Å². The largest absolute Gasteiger partial charge is 0.326 e. The fourth-order valence-electron chi connectivity index (χ4n) is 2.12. The maximum atomic E-state index is 5.89. The Morgan fingerprint density at radius 3 is 1.94 bits per heavy atom. The summed E-state index contributed by atoms with van der Waals surface area (Å²) in [4.78, 5) is 0. The molecule has 0 bridgehead atoms. The third-order valence-corrected chi connectivity index (χ3v) is 3.33. The first-order valence-corrected chi connectivity index (χ1v) is 6.05. The number of rotatable bonds is 2. The molecule has 0 atom stereocenters. The molecule has 0 saturated carbocycles. The van der Waals surface area contributed by atoms with Gasteiger partial charge in [-0.25, -0.2) is 0 Å². The number of hydrogen-bond acceptors (Lipinski definition) is 1. The van der Waals surface area contributed by atoms with E-state index in [-0.39, 0.29) is 0 Å². The second kappa shape index (κ2) is 4.91. The highest BCUT2D eigenvalue weighted by Crippen LogP contribution is 2.26. The Kier molecular flexibility index (Phi) is 3.51. The fourth-order valence-corrected chi connectivity index (χ4v) is 2.25. The second-order valence-electron chi connectivity index (χ2n) is 4.30. The van der Waals surface area contributed by atoms with Crippen LogP contribution in [-0.4, -0.2) is 0 Å². The normalized spacial score (nSPS) is 10.6. The van der Waals surface area contributed by atoms with Gasteiger partial charge in [-0.05, 0) is 53.8 Å². The molecule has 0 aliphatic heterocycles. The first-order valence-electron chi connectivity index (χ1n) is 5.68. The Hall–Kier alpha value is -1.31. The molecule has 0 unspecified atom stereocenters. The summed E-state index contributed by atoms with van der Waals surface area (Å²) >= 11 is 5.89. The summed E-state index contributed by atoms with van der Waals surface area (Å²) in [5.41, 5.74) is 11.9. The van der Waals surface area contributed by atoms with Crippen molar-refractivity contribution in [3.05, 3.63) is 58.1 Å². The molecule has 0 spiro atoms. The first-order chi connectivity index (χ1) is 8.11. The van der Waals surface area contributed by atoms with Gasteiger partial charge in [-0.1, -0.05) is 35.9 Å². The summed E-state index contributed by atoms with van der Waals surface area (Å²) in [7, 11) is 0. The molecular weight excluding hydrogens is 230 g/mol. The zero-order valence-corrected chi connectivity index (χ0v) is 10.9. The van der Waals surface area contributed by atoms with Crippen LogP contribution in [0.3, 0.4) is 0 Å². The van der Waals surface area contributed by atoms with Gasteiger partial charge in [0.15, 0.2) is 0 Å². The monoisotopic (exact) mass is 245 g/mol. The smallest absolute Gasteiger partial charge is 0.0406 e. The van der Waals surface area contributed by atoms with E-state index in [2.05, 4.69) is 26.0 Å². The van der Waals surface area contributed by atoms with Crippen LogP contribution in [0.25, 0.3) is 11.1 Å². The summed E-state index contributed by atoms with van der Waals surface area (Å²) in [6.07, 6.45) is 0. The molecule has 2 aromatic carbocycles. The molecule has 0 aromatic heterocycles. The standard InChI is InChI=1S/C15H16ClN/c1-10-7-13(8-11(2)15(10)9-17)12-3-5-14(16)6-4-12/h3-8H,9,17H2,1-2H3. The lowest BCUT2D eigenvalue weighted by molar-refractivity contribution is 1.03. The van der Waals surface area contributed by atoms with Crippen LogP contribution in [0.5, 0.6) is 0 Å². The van der Waals surface area contributed by atoms with Crippen molar-refractivity contribution in [3.8, 4) is 11.1 Å². The van der Waals surface area contributed by atoms with Crippen LogP contribution in [0.1, 0.15) is 16.7 Å². The van der Waals surface area contributed by atoms with Crippen LogP contribution >= 0.6 is 11.6 Å². The van der Waals surface area contributed by atoms with Gasteiger partial charge in [-0.15, -0.1) is 0 Å². The minimum atomic E-state index is 0.596. The molecule has 0 saturated heterocycles. The van der Waals surface area contributed by atoms with Gasteiger partial charge < -0.3 is 5.73 Å². The summed E-state index contributed by atoms with van der Waals surface area (Å²) in [5.74, 6) is 0. The van der Waals surface area contributed by atoms with Crippen LogP contribution in [0.15, 0.2) is 36.4 Å². The molecule has 2 aromatic rings. The van der Waals surface area contributed by atoms with Gasteiger partial charge in [0.25, 0.3) is 0 Å². The van der Waals surface area contributed by atoms with Crippen molar-refractivity contribution in [2.75, 3.05) is 0 Å². The van der Waals surface area contributed by atoms with Crippen molar-refractivity contribution in [3.63, 3.8) is 0 Å². The Balaban J connectivity index is 2.50. The molecule has 1 nitrogen and oxygen atoms in total. The van der Waals surface area contributed by atoms with Crippen molar-refractivity contribution in [1.82, 2.24) is 0 Å². The number of nitrogens with two attached hydrogens (primary N) is 1. The van der Waals surface area contributed by atoms with E-state index >= 15 is 0 Å². The Labute approximate surface area is 107 Å². The van der Waals surface area contributed by atoms with E-state index in [0.717, 1.165) is 5.02 Å². The molecular formula is C15H16ClN. The molecule has 0 aliphatic carbocycles. The zero-order chi connectivity index (χ0) is 12.4. The molecule has 88 valence electrons. The predicted octanol–water partition coefficient (Wildman–Crippen LogP) is 4.08. The molecule has 0 aliphatic rings. The lowest BCUT2D eigenvalue weighted by Crippen LogP contribution is -2.02. The molecule has 0 heterocycles. The molecule has 2 rings (SSSR count). The van der Waals surface area contributed by atoms with Crippen molar-refractivity contribution < 1.29 is 0 Å². The van der Waals surface area contributed by atoms with E-state index in [4.69, 9.17) is 17.3 Å². The topological polar surface area (TPSA) is 26.0 Å². The molecule has 0 amide bonds. The van der Waals surface area contributed by atoms with Crippen LogP contribution in [0, 0.1) is 13.8 Å². The maximum absolute atomic E-state index is 5.89. The summed E-state index contributed by atoms with van der Waals surface area (Å²) in [5, 5.41) is 0.765. The average molecular weight is 246 g/mol. The van der Waals surface area contributed by atoms with Crippen LogP contribution in [0.2, 0.25) is 5.02 Å². The maximum Gasteiger partial charge on any atom is 0.0406 e. The number of aryl methyl sites for hydroxylation is 2. The van der Waals surface area contributed by atoms with Crippen molar-refractivity contribution in [1.29, 1.82) is 0 Å². The quantitative estimate of drug-likeness (QED) is 0.848. The lowest BCUT2D eigenvalue weighted by Gasteiger charge is -2.11. The van der Waals surface area contributed by atoms with Gasteiger partial charge in [-0.3, -0.25) is 0 Å². The van der Waals surface area contributed by atoms with Gasteiger partial charge in [0, 0.05) is 11.6 Å². The minimum Gasteiger partial charge on any atom is -0.326 e. The summed E-state index contributed by atoms with van der Waals surface area (Å²) in [6.45, 7) is 4.81. The molecule has 17 heavy (non-hydrogen) atoms. The SMILES string of the molecule is Cc1cc(-c2ccc(Cl)cc2)cc(C)c1CN. The number of halogens is 1. The molecule has 2 N–H and O–H groups in total. The van der Waals surface area contributed by atoms with Crippen molar-refractivity contribution in [2.45, 2.75) is 20.4 Å². The van der Waals surface area contributed by atoms with E-state index < -0.39 is 0 Å². The number of benzene rings is 2. The summed E-state index contributed by atoms with van der Waals surface area (Å²) in [6, 6.07) is 12.3. The zero-order valence-electron chi connectivity index (χ0n) is 10.1. The third-order valence-electron chi connectivity index (χ3n) is 3.08. The highest BCUT2D eigenvalue weighted by molar-refractivity contribution is 6.30. The van der Waals surface area contributed by atoms with Crippen LogP contribution in [0.4, 0.5) is 0 Å². The highest BCUT2D eigenvalue weighted by atomic mass is 35.5. The van der Waals surface area contributed by atoms with Crippen LogP contribution in [-0.2, 0) is 6.54 Å². The van der Waals surface area contributed by atoms with E-state index in [1.165, 1.54) is 27.8 Å². The van der Waals surface area contributed by atoms with Gasteiger partial charge in [-0.2, -0.15) is 0 Å². The minimum absolute atomic E-state index is 0.596. The van der Waals surface area contributed by atoms with Crippen LogP contribution < -0.4 is 5.73 Å².